The van der Waals surface area contributed by atoms with Crippen LogP contribution in [0.5, 0.6) is 0 Å². The molecule has 62 valence electrons. The summed E-state index contributed by atoms with van der Waals surface area (Å²) < 4.78 is 0. The first-order valence-electron chi connectivity index (χ1n) is 2.89. The zero-order chi connectivity index (χ0) is 9.07. The Morgan fingerprint density at radius 3 is 2.09 bits per heavy atom. The molecule has 0 aromatic carbocycles. The van der Waals surface area contributed by atoms with Crippen LogP contribution in [-0.4, -0.2) is 28.4 Å². The Bertz CT molecular complexity index is 201. The Labute approximate surface area is 63.2 Å². The molecule has 0 aromatic rings. The summed E-state index contributed by atoms with van der Waals surface area (Å²) in [5, 5.41) is 23.4. The third-order valence-corrected chi connectivity index (χ3v) is 1.33. The molecule has 1 unspecified atom stereocenters. The molecule has 0 fully saturated rings. The first kappa shape index (κ1) is 9.61. The van der Waals surface area contributed by atoms with Crippen molar-refractivity contribution in [1.29, 1.82) is 5.41 Å². The molecule has 11 heavy (non-hydrogen) atoms. The summed E-state index contributed by atoms with van der Waals surface area (Å²) in [5.41, 5.74) is -1.58. The number of hydrogen-bond acceptors (Lipinski definition) is 3. The van der Waals surface area contributed by atoms with Gasteiger partial charge in [0.1, 0.15) is 5.41 Å². The monoisotopic (exact) mass is 159 g/mol. The second-order valence-electron chi connectivity index (χ2n) is 2.44. The molecule has 1 atom stereocenters. The van der Waals surface area contributed by atoms with E-state index in [0.717, 1.165) is 0 Å². The fourth-order valence-corrected chi connectivity index (χ4v) is 0.503. The SMILES string of the molecule is CC(C=N)(CC(=O)O)C(=O)O. The van der Waals surface area contributed by atoms with Gasteiger partial charge in [-0.15, -0.1) is 0 Å². The quantitative estimate of drug-likeness (QED) is 0.510. The summed E-state index contributed by atoms with van der Waals surface area (Å²) in [4.78, 5) is 20.5. The zero-order valence-electron chi connectivity index (χ0n) is 6.00. The van der Waals surface area contributed by atoms with Crippen LogP contribution in [0.15, 0.2) is 0 Å². The van der Waals surface area contributed by atoms with Gasteiger partial charge >= 0.3 is 11.9 Å². The Hall–Kier alpha value is -1.39. The molecule has 0 spiro atoms. The van der Waals surface area contributed by atoms with Crippen molar-refractivity contribution in [2.24, 2.45) is 5.41 Å². The van der Waals surface area contributed by atoms with E-state index in [0.29, 0.717) is 6.21 Å². The minimum atomic E-state index is -1.58. The first-order valence-corrected chi connectivity index (χ1v) is 2.89. The van der Waals surface area contributed by atoms with Crippen LogP contribution in [0, 0.1) is 10.8 Å². The average Bonchev–Trinajstić information content (AvgIpc) is 1.86. The van der Waals surface area contributed by atoms with Crippen LogP contribution in [0.25, 0.3) is 0 Å². The van der Waals surface area contributed by atoms with Gasteiger partial charge in [0.2, 0.25) is 0 Å². The number of aliphatic carboxylic acids is 2. The smallest absolute Gasteiger partial charge is 0.315 e. The Balaban J connectivity index is 4.47. The summed E-state index contributed by atoms with van der Waals surface area (Å²) in [6, 6.07) is 0. The van der Waals surface area contributed by atoms with E-state index in [-0.39, 0.29) is 0 Å². The topological polar surface area (TPSA) is 98.5 Å². The molecule has 0 amide bonds. The maximum atomic E-state index is 10.4. The molecule has 0 saturated carbocycles. The van der Waals surface area contributed by atoms with E-state index in [2.05, 4.69) is 0 Å². The predicted molar refractivity (Wildman–Crippen MR) is 36.8 cm³/mol. The molecule has 0 aliphatic heterocycles. The average molecular weight is 159 g/mol. The first-order chi connectivity index (χ1) is 4.92. The Morgan fingerprint density at radius 2 is 2.00 bits per heavy atom. The fraction of sp³-hybridized carbons (Fsp3) is 0.500. The van der Waals surface area contributed by atoms with Crippen molar-refractivity contribution in [3.05, 3.63) is 0 Å². The predicted octanol–water partition coefficient (Wildman–Crippen LogP) is 0.202. The van der Waals surface area contributed by atoms with Gasteiger partial charge in [0.25, 0.3) is 0 Å². The van der Waals surface area contributed by atoms with Crippen LogP contribution in [0.2, 0.25) is 0 Å². The highest BCUT2D eigenvalue weighted by Gasteiger charge is 2.33. The summed E-state index contributed by atoms with van der Waals surface area (Å²) in [5.74, 6) is -2.52. The minimum absolute atomic E-state index is 0.564. The van der Waals surface area contributed by atoms with Gasteiger partial charge in [-0.1, -0.05) is 0 Å². The van der Waals surface area contributed by atoms with Gasteiger partial charge in [0.05, 0.1) is 6.42 Å². The van der Waals surface area contributed by atoms with Crippen LogP contribution >= 0.6 is 0 Å². The standard InChI is InChI=1S/C6H9NO4/c1-6(3-7,5(10)11)2-4(8)9/h3,7H,2H2,1H3,(H,8,9)(H,10,11). The van der Waals surface area contributed by atoms with Crippen molar-refractivity contribution < 1.29 is 19.8 Å². The van der Waals surface area contributed by atoms with E-state index in [9.17, 15) is 9.59 Å². The van der Waals surface area contributed by atoms with Crippen molar-refractivity contribution >= 4 is 18.2 Å². The lowest BCUT2D eigenvalue weighted by molar-refractivity contribution is -0.150. The lowest BCUT2D eigenvalue weighted by atomic mass is 9.89. The molecule has 0 aliphatic carbocycles. The van der Waals surface area contributed by atoms with Crippen molar-refractivity contribution in [2.75, 3.05) is 0 Å². The molecular formula is C6H9NO4. The molecule has 0 rings (SSSR count). The second kappa shape index (κ2) is 3.14. The molecule has 0 heterocycles. The van der Waals surface area contributed by atoms with Crippen LogP contribution in [-0.2, 0) is 9.59 Å². The van der Waals surface area contributed by atoms with Crippen molar-refractivity contribution in [3.63, 3.8) is 0 Å². The maximum Gasteiger partial charge on any atom is 0.315 e. The molecule has 0 aliphatic rings. The molecular weight excluding hydrogens is 150 g/mol. The molecule has 0 saturated heterocycles. The third kappa shape index (κ3) is 2.37. The normalized spacial score (nSPS) is 15.0. The van der Waals surface area contributed by atoms with Gasteiger partial charge in [-0.25, -0.2) is 0 Å². The van der Waals surface area contributed by atoms with E-state index in [4.69, 9.17) is 15.6 Å². The maximum absolute atomic E-state index is 10.4. The Kier molecular flexibility index (Phi) is 2.74. The van der Waals surface area contributed by atoms with Gasteiger partial charge in [0.15, 0.2) is 0 Å². The highest BCUT2D eigenvalue weighted by atomic mass is 16.4. The summed E-state index contributed by atoms with van der Waals surface area (Å²) in [7, 11) is 0. The molecule has 5 heteroatoms. The van der Waals surface area contributed by atoms with Gasteiger partial charge < -0.3 is 15.6 Å². The van der Waals surface area contributed by atoms with Crippen LogP contribution < -0.4 is 0 Å². The van der Waals surface area contributed by atoms with Crippen molar-refractivity contribution in [1.82, 2.24) is 0 Å². The van der Waals surface area contributed by atoms with E-state index in [1.165, 1.54) is 6.92 Å². The largest absolute Gasteiger partial charge is 0.481 e. The van der Waals surface area contributed by atoms with Crippen molar-refractivity contribution in [2.45, 2.75) is 13.3 Å². The van der Waals surface area contributed by atoms with Gasteiger partial charge in [-0.3, -0.25) is 9.59 Å². The van der Waals surface area contributed by atoms with Crippen LogP contribution in [0.4, 0.5) is 0 Å². The summed E-state index contributed by atoms with van der Waals surface area (Å²) in [6.45, 7) is 1.19. The number of nitrogens with one attached hydrogen (secondary N) is 1. The molecule has 5 nitrogen and oxygen atoms in total. The van der Waals surface area contributed by atoms with Gasteiger partial charge in [-0.2, -0.15) is 0 Å². The summed E-state index contributed by atoms with van der Waals surface area (Å²) >= 11 is 0. The summed E-state index contributed by atoms with van der Waals surface area (Å²) in [6.07, 6.45) is 0.0648. The van der Waals surface area contributed by atoms with Crippen molar-refractivity contribution in [3.8, 4) is 0 Å². The van der Waals surface area contributed by atoms with Gasteiger partial charge in [-0.05, 0) is 6.92 Å². The number of rotatable bonds is 4. The number of carbonyl (C=O) groups is 2. The van der Waals surface area contributed by atoms with E-state index in [1.54, 1.807) is 0 Å². The Morgan fingerprint density at radius 1 is 1.55 bits per heavy atom. The number of hydrogen-bond donors (Lipinski definition) is 3. The van der Waals surface area contributed by atoms with E-state index >= 15 is 0 Å². The lowest BCUT2D eigenvalue weighted by Gasteiger charge is -2.15. The fourth-order valence-electron chi connectivity index (χ4n) is 0.503. The minimum Gasteiger partial charge on any atom is -0.481 e. The van der Waals surface area contributed by atoms with E-state index < -0.39 is 23.8 Å². The number of carboxylic acids is 2. The molecule has 0 radical (unpaired) electrons. The molecule has 3 N–H and O–H groups in total. The zero-order valence-corrected chi connectivity index (χ0v) is 6.00. The number of carboxylic acid groups (broad SMARTS) is 2. The second-order valence-corrected chi connectivity index (χ2v) is 2.44. The van der Waals surface area contributed by atoms with Crippen LogP contribution in [0.3, 0.4) is 0 Å². The highest BCUT2D eigenvalue weighted by molar-refractivity contribution is 5.96. The van der Waals surface area contributed by atoms with Gasteiger partial charge in [0, 0.05) is 6.21 Å². The molecule has 0 bridgehead atoms. The highest BCUT2D eigenvalue weighted by Crippen LogP contribution is 2.17. The third-order valence-electron chi connectivity index (χ3n) is 1.33. The molecule has 0 aromatic heterocycles. The van der Waals surface area contributed by atoms with Crippen LogP contribution in [0.1, 0.15) is 13.3 Å². The van der Waals surface area contributed by atoms with E-state index in [1.807, 2.05) is 0 Å². The lowest BCUT2D eigenvalue weighted by Crippen LogP contribution is -2.31.